The average molecular weight is 344 g/mol. The van der Waals surface area contributed by atoms with Crippen molar-refractivity contribution in [1.29, 1.82) is 0 Å². The van der Waals surface area contributed by atoms with Gasteiger partial charge in [0.25, 0.3) is 5.91 Å². The van der Waals surface area contributed by atoms with Gasteiger partial charge in [-0.15, -0.1) is 6.58 Å². The fourth-order valence-electron chi connectivity index (χ4n) is 2.27. The smallest absolute Gasteiger partial charge is 0.253 e. The highest BCUT2D eigenvalue weighted by Gasteiger charge is 2.23. The number of amides is 1. The molecule has 1 amide bonds. The molecule has 0 radical (unpaired) electrons. The number of nitrogens with one attached hydrogen (secondary N) is 1. The number of benzene rings is 2. The molecule has 2 rings (SSSR count). The van der Waals surface area contributed by atoms with Gasteiger partial charge >= 0.3 is 0 Å². The minimum absolute atomic E-state index is 0.158. The summed E-state index contributed by atoms with van der Waals surface area (Å²) in [7, 11) is -3.56. The summed E-state index contributed by atoms with van der Waals surface area (Å²) in [6, 6.07) is 15.9. The molecule has 0 unspecified atom stereocenters. The molecule has 0 spiro atoms. The van der Waals surface area contributed by atoms with Crippen molar-refractivity contribution in [2.24, 2.45) is 0 Å². The first-order valence-electron chi connectivity index (χ1n) is 7.43. The summed E-state index contributed by atoms with van der Waals surface area (Å²) >= 11 is 0. The quantitative estimate of drug-likeness (QED) is 0.785. The Hall–Kier alpha value is -2.60. The van der Waals surface area contributed by atoms with Crippen LogP contribution in [0.15, 0.2) is 67.3 Å². The molecule has 0 aliphatic carbocycles. The van der Waals surface area contributed by atoms with Gasteiger partial charge in [-0.1, -0.05) is 48.5 Å². The summed E-state index contributed by atoms with van der Waals surface area (Å²) < 4.78 is 25.8. The number of carbonyl (C=O) groups excluding carboxylic acids is 1. The summed E-state index contributed by atoms with van der Waals surface area (Å²) in [6.07, 6.45) is 2.70. The largest absolute Gasteiger partial charge is 0.349 e. The third kappa shape index (κ3) is 4.45. The van der Waals surface area contributed by atoms with Crippen molar-refractivity contribution in [3.05, 3.63) is 78.4 Å². The van der Waals surface area contributed by atoms with Crippen molar-refractivity contribution in [2.75, 3.05) is 17.1 Å². The number of nitrogens with zero attached hydrogens (tertiary/aromatic N) is 1. The van der Waals surface area contributed by atoms with Crippen LogP contribution in [0.25, 0.3) is 0 Å². The Morgan fingerprint density at radius 3 is 2.38 bits per heavy atom. The first kappa shape index (κ1) is 17.7. The van der Waals surface area contributed by atoms with E-state index in [1.54, 1.807) is 30.3 Å². The number of rotatable bonds is 7. The van der Waals surface area contributed by atoms with Gasteiger partial charge in [0, 0.05) is 6.54 Å². The fraction of sp³-hybridized carbons (Fsp3) is 0.167. The third-order valence-electron chi connectivity index (χ3n) is 3.39. The summed E-state index contributed by atoms with van der Waals surface area (Å²) in [4.78, 5) is 12.3. The molecular weight excluding hydrogens is 324 g/mol. The summed E-state index contributed by atoms with van der Waals surface area (Å²) in [6.45, 7) is 4.03. The Labute approximate surface area is 142 Å². The van der Waals surface area contributed by atoms with E-state index in [0.29, 0.717) is 17.8 Å². The Morgan fingerprint density at radius 2 is 1.75 bits per heavy atom. The Morgan fingerprint density at radius 1 is 1.12 bits per heavy atom. The predicted molar refractivity (Wildman–Crippen MR) is 96.4 cm³/mol. The number of hydrogen-bond acceptors (Lipinski definition) is 3. The maximum absolute atomic E-state index is 12.3. The van der Waals surface area contributed by atoms with Gasteiger partial charge in [0.2, 0.25) is 10.0 Å². The lowest BCUT2D eigenvalue weighted by Crippen LogP contribution is -2.32. The fourth-order valence-corrected chi connectivity index (χ4v) is 3.17. The highest BCUT2D eigenvalue weighted by Crippen LogP contribution is 2.25. The van der Waals surface area contributed by atoms with Crippen LogP contribution in [0.3, 0.4) is 0 Å². The molecule has 24 heavy (non-hydrogen) atoms. The van der Waals surface area contributed by atoms with Crippen LogP contribution in [0, 0.1) is 0 Å². The van der Waals surface area contributed by atoms with Crippen molar-refractivity contribution in [1.82, 2.24) is 5.32 Å². The maximum atomic E-state index is 12.3. The summed E-state index contributed by atoms with van der Waals surface area (Å²) in [5.41, 5.74) is 1.50. The van der Waals surface area contributed by atoms with Crippen molar-refractivity contribution in [3.63, 3.8) is 0 Å². The topological polar surface area (TPSA) is 66.5 Å². The zero-order chi connectivity index (χ0) is 17.6. The molecule has 1 N–H and O–H groups in total. The van der Waals surface area contributed by atoms with Crippen LogP contribution < -0.4 is 9.62 Å². The lowest BCUT2D eigenvalue weighted by molar-refractivity contribution is 0.0958. The molecule has 0 saturated carbocycles. The van der Waals surface area contributed by atoms with E-state index in [1.165, 1.54) is 4.31 Å². The van der Waals surface area contributed by atoms with Gasteiger partial charge in [0.1, 0.15) is 0 Å². The molecule has 126 valence electrons. The van der Waals surface area contributed by atoms with Crippen LogP contribution in [-0.4, -0.2) is 27.1 Å². The minimum Gasteiger partial charge on any atom is -0.349 e. The normalized spacial score (nSPS) is 10.9. The first-order chi connectivity index (χ1) is 11.4. The average Bonchev–Trinajstić information content (AvgIpc) is 2.57. The number of para-hydroxylation sites is 1. The van der Waals surface area contributed by atoms with Crippen LogP contribution in [0.4, 0.5) is 5.69 Å². The number of carbonyl (C=O) groups is 1. The molecule has 0 saturated heterocycles. The van der Waals surface area contributed by atoms with Crippen LogP contribution >= 0.6 is 0 Å². The second-order valence-corrected chi connectivity index (χ2v) is 7.18. The van der Waals surface area contributed by atoms with Crippen LogP contribution in [0.2, 0.25) is 0 Å². The minimum atomic E-state index is -3.56. The summed E-state index contributed by atoms with van der Waals surface area (Å²) in [5.74, 6) is -0.341. The van der Waals surface area contributed by atoms with E-state index in [1.807, 2.05) is 30.3 Å². The zero-order valence-corrected chi connectivity index (χ0v) is 14.3. The summed E-state index contributed by atoms with van der Waals surface area (Å²) in [5, 5.41) is 2.68. The lowest BCUT2D eigenvalue weighted by atomic mass is 10.1. The van der Waals surface area contributed by atoms with Crippen molar-refractivity contribution < 1.29 is 13.2 Å². The Kier molecular flexibility index (Phi) is 5.76. The van der Waals surface area contributed by atoms with E-state index in [-0.39, 0.29) is 12.5 Å². The van der Waals surface area contributed by atoms with Crippen LogP contribution in [0.5, 0.6) is 0 Å². The van der Waals surface area contributed by atoms with E-state index in [2.05, 4.69) is 11.9 Å². The molecule has 0 bridgehead atoms. The molecule has 5 nitrogen and oxygen atoms in total. The molecule has 0 aliphatic heterocycles. The molecule has 0 aliphatic rings. The second-order valence-electron chi connectivity index (χ2n) is 5.27. The van der Waals surface area contributed by atoms with Gasteiger partial charge in [0.05, 0.1) is 24.1 Å². The van der Waals surface area contributed by atoms with Gasteiger partial charge in [0.15, 0.2) is 0 Å². The van der Waals surface area contributed by atoms with Crippen LogP contribution in [-0.2, 0) is 16.6 Å². The maximum Gasteiger partial charge on any atom is 0.253 e. The Balaban J connectivity index is 2.44. The number of hydrogen-bond donors (Lipinski definition) is 1. The molecule has 0 aromatic heterocycles. The van der Waals surface area contributed by atoms with Gasteiger partial charge in [-0.05, 0) is 17.7 Å². The number of anilines is 1. The lowest BCUT2D eigenvalue weighted by Gasteiger charge is -2.24. The molecular formula is C18H20N2O3S. The van der Waals surface area contributed by atoms with E-state index in [4.69, 9.17) is 0 Å². The standard InChI is InChI=1S/C18H20N2O3S/c1-3-13-19-18(21)16-11-7-8-12-17(16)20(24(2,22)23)14-15-9-5-4-6-10-15/h3-12H,1,13-14H2,2H3,(H,19,21). The van der Waals surface area contributed by atoms with Crippen LogP contribution in [0.1, 0.15) is 15.9 Å². The van der Waals surface area contributed by atoms with Crippen molar-refractivity contribution >= 4 is 21.6 Å². The third-order valence-corrected chi connectivity index (χ3v) is 4.52. The van der Waals surface area contributed by atoms with E-state index < -0.39 is 10.0 Å². The molecule has 0 heterocycles. The first-order valence-corrected chi connectivity index (χ1v) is 9.28. The van der Waals surface area contributed by atoms with Gasteiger partial charge in [-0.2, -0.15) is 0 Å². The molecule has 0 fully saturated rings. The highest BCUT2D eigenvalue weighted by atomic mass is 32.2. The van der Waals surface area contributed by atoms with Gasteiger partial charge in [-0.3, -0.25) is 9.10 Å². The highest BCUT2D eigenvalue weighted by molar-refractivity contribution is 7.92. The molecule has 2 aromatic rings. The monoisotopic (exact) mass is 344 g/mol. The SMILES string of the molecule is C=CCNC(=O)c1ccccc1N(Cc1ccccc1)S(C)(=O)=O. The number of sulfonamides is 1. The molecule has 2 aromatic carbocycles. The second kappa shape index (κ2) is 7.79. The van der Waals surface area contributed by atoms with Gasteiger partial charge < -0.3 is 5.32 Å². The molecule has 0 atom stereocenters. The zero-order valence-electron chi connectivity index (χ0n) is 13.5. The van der Waals surface area contributed by atoms with Crippen molar-refractivity contribution in [3.8, 4) is 0 Å². The van der Waals surface area contributed by atoms with Gasteiger partial charge in [-0.25, -0.2) is 8.42 Å². The van der Waals surface area contributed by atoms with E-state index in [9.17, 15) is 13.2 Å². The predicted octanol–water partition coefficient (Wildman–Crippen LogP) is 2.57. The Bertz CT molecular complexity index is 817. The van der Waals surface area contributed by atoms with Crippen molar-refractivity contribution in [2.45, 2.75) is 6.54 Å². The van der Waals surface area contributed by atoms with E-state index >= 15 is 0 Å². The molecule has 6 heteroatoms. The van der Waals surface area contributed by atoms with E-state index in [0.717, 1.165) is 11.8 Å².